The van der Waals surface area contributed by atoms with Gasteiger partial charge < -0.3 is 9.72 Å². The average Bonchev–Trinajstić information content (AvgIpc) is 2.53. The molecule has 0 amide bonds. The van der Waals surface area contributed by atoms with Crippen LogP contribution in [-0.4, -0.2) is 21.6 Å². The van der Waals surface area contributed by atoms with E-state index in [1.165, 1.54) is 19.3 Å². The van der Waals surface area contributed by atoms with Crippen LogP contribution in [0.2, 0.25) is 0 Å². The quantitative estimate of drug-likeness (QED) is 0.814. The molecule has 0 aromatic carbocycles. The van der Waals surface area contributed by atoms with Crippen LogP contribution in [0.3, 0.4) is 0 Å². The first-order valence-corrected chi connectivity index (χ1v) is 5.85. The summed E-state index contributed by atoms with van der Waals surface area (Å²) in [6, 6.07) is 4.33. The maximum Gasteiger partial charge on any atom is 0.215 e. The second kappa shape index (κ2) is 3.59. The van der Waals surface area contributed by atoms with Gasteiger partial charge in [-0.3, -0.25) is 4.57 Å². The summed E-state index contributed by atoms with van der Waals surface area (Å²) in [5.41, 5.74) is 1.90. The van der Waals surface area contributed by atoms with Gasteiger partial charge in [-0.1, -0.05) is 0 Å². The molecule has 1 N–H and O–H groups in total. The number of hydrogen-bond donors (Lipinski definition) is 1. The van der Waals surface area contributed by atoms with Gasteiger partial charge in [0.1, 0.15) is 0 Å². The maximum atomic E-state index is 5.34. The lowest BCUT2D eigenvalue weighted by Gasteiger charge is -2.26. The molecule has 0 radical (unpaired) electrons. The number of fused-ring (bicyclic) bond motifs is 1. The number of imidazole rings is 1. The van der Waals surface area contributed by atoms with Gasteiger partial charge in [0.15, 0.2) is 10.4 Å². The zero-order valence-corrected chi connectivity index (χ0v) is 9.88. The zero-order valence-electron chi connectivity index (χ0n) is 9.06. The number of nitrogens with zero attached hydrogens (tertiary/aromatic N) is 2. The minimum Gasteiger partial charge on any atom is -0.481 e. The first-order valence-electron chi connectivity index (χ1n) is 5.45. The Hall–Kier alpha value is -1.36. The smallest absolute Gasteiger partial charge is 0.215 e. The Kier molecular flexibility index (Phi) is 2.21. The number of hydrogen-bond acceptors (Lipinski definition) is 3. The number of aromatic nitrogens is 3. The monoisotopic (exact) mass is 235 g/mol. The summed E-state index contributed by atoms with van der Waals surface area (Å²) in [4.78, 5) is 7.65. The Labute approximate surface area is 98.3 Å². The number of H-pyrrole nitrogens is 1. The second-order valence-corrected chi connectivity index (χ2v) is 4.50. The van der Waals surface area contributed by atoms with Crippen molar-refractivity contribution < 1.29 is 4.74 Å². The highest BCUT2D eigenvalue weighted by Gasteiger charge is 2.22. The van der Waals surface area contributed by atoms with E-state index in [9.17, 15) is 0 Å². The van der Waals surface area contributed by atoms with Gasteiger partial charge in [-0.15, -0.1) is 0 Å². The van der Waals surface area contributed by atoms with Gasteiger partial charge in [0.2, 0.25) is 5.88 Å². The first kappa shape index (κ1) is 9.84. The molecule has 1 fully saturated rings. The van der Waals surface area contributed by atoms with E-state index < -0.39 is 0 Å². The topological polar surface area (TPSA) is 42.8 Å². The van der Waals surface area contributed by atoms with Crippen molar-refractivity contribution in [1.29, 1.82) is 0 Å². The summed E-state index contributed by atoms with van der Waals surface area (Å²) in [6.07, 6.45) is 3.67. The summed E-state index contributed by atoms with van der Waals surface area (Å²) in [5, 5.41) is 0. The Bertz CT molecular complexity index is 582. The molecule has 16 heavy (non-hydrogen) atoms. The fourth-order valence-electron chi connectivity index (χ4n) is 2.08. The summed E-state index contributed by atoms with van der Waals surface area (Å²) < 4.78 is 8.03. The predicted octanol–water partition coefficient (Wildman–Crippen LogP) is 2.83. The van der Waals surface area contributed by atoms with E-state index in [-0.39, 0.29) is 0 Å². The highest BCUT2D eigenvalue weighted by molar-refractivity contribution is 7.71. The van der Waals surface area contributed by atoms with Crippen LogP contribution in [0, 0.1) is 4.77 Å². The molecule has 0 unspecified atom stereocenters. The molecule has 84 valence electrons. The standard InChI is InChI=1S/C11H13N3OS/c1-15-9-6-5-8-10(13-9)14(11(16)12-8)7-3-2-4-7/h5-7H,2-4H2,1H3,(H,12,16). The lowest BCUT2D eigenvalue weighted by Crippen LogP contribution is -2.17. The molecule has 3 rings (SSSR count). The molecule has 1 aliphatic rings. The van der Waals surface area contributed by atoms with Gasteiger partial charge in [0, 0.05) is 12.1 Å². The fourth-order valence-corrected chi connectivity index (χ4v) is 2.43. The molecule has 0 aliphatic heterocycles. The van der Waals surface area contributed by atoms with Crippen molar-refractivity contribution in [2.24, 2.45) is 0 Å². The fraction of sp³-hybridized carbons (Fsp3) is 0.455. The van der Waals surface area contributed by atoms with E-state index in [1.54, 1.807) is 7.11 Å². The number of ether oxygens (including phenoxy) is 1. The van der Waals surface area contributed by atoms with Gasteiger partial charge in [-0.05, 0) is 37.5 Å². The zero-order chi connectivity index (χ0) is 11.1. The van der Waals surface area contributed by atoms with Crippen molar-refractivity contribution in [1.82, 2.24) is 14.5 Å². The van der Waals surface area contributed by atoms with Crippen molar-refractivity contribution >= 4 is 23.4 Å². The normalized spacial score (nSPS) is 16.3. The van der Waals surface area contributed by atoms with Crippen LogP contribution in [0.1, 0.15) is 25.3 Å². The molecule has 0 bridgehead atoms. The molecule has 0 saturated heterocycles. The van der Waals surface area contributed by atoms with Gasteiger partial charge in [-0.25, -0.2) is 0 Å². The summed E-state index contributed by atoms with van der Waals surface area (Å²) in [7, 11) is 1.63. The van der Waals surface area contributed by atoms with Crippen molar-refractivity contribution in [3.05, 3.63) is 16.9 Å². The lowest BCUT2D eigenvalue weighted by atomic mass is 9.93. The molecule has 2 aromatic heterocycles. The Morgan fingerprint density at radius 1 is 1.50 bits per heavy atom. The maximum absolute atomic E-state index is 5.34. The van der Waals surface area contributed by atoms with E-state index in [2.05, 4.69) is 14.5 Å². The lowest BCUT2D eigenvalue weighted by molar-refractivity contribution is 0.315. The Morgan fingerprint density at radius 3 is 2.94 bits per heavy atom. The van der Waals surface area contributed by atoms with Crippen LogP contribution in [0.25, 0.3) is 11.2 Å². The third-order valence-corrected chi connectivity index (χ3v) is 3.49. The van der Waals surface area contributed by atoms with Crippen molar-refractivity contribution in [2.75, 3.05) is 7.11 Å². The average molecular weight is 235 g/mol. The molecule has 0 spiro atoms. The van der Waals surface area contributed by atoms with E-state index in [0.29, 0.717) is 11.9 Å². The van der Waals surface area contributed by atoms with E-state index in [4.69, 9.17) is 17.0 Å². The molecular formula is C11H13N3OS. The number of methoxy groups -OCH3 is 1. The minimum atomic E-state index is 0.515. The SMILES string of the molecule is COc1ccc2[nH]c(=S)n(C3CCC3)c2n1. The van der Waals surface area contributed by atoms with Crippen LogP contribution in [0.4, 0.5) is 0 Å². The first-order chi connectivity index (χ1) is 7.79. The molecule has 1 saturated carbocycles. The van der Waals surface area contributed by atoms with Crippen LogP contribution in [0.15, 0.2) is 12.1 Å². The molecule has 2 heterocycles. The molecule has 2 aromatic rings. The van der Waals surface area contributed by atoms with Gasteiger partial charge >= 0.3 is 0 Å². The van der Waals surface area contributed by atoms with Crippen molar-refractivity contribution in [3.63, 3.8) is 0 Å². The highest BCUT2D eigenvalue weighted by Crippen LogP contribution is 2.34. The predicted molar refractivity (Wildman–Crippen MR) is 64.4 cm³/mol. The highest BCUT2D eigenvalue weighted by atomic mass is 32.1. The van der Waals surface area contributed by atoms with Crippen molar-refractivity contribution in [2.45, 2.75) is 25.3 Å². The van der Waals surface area contributed by atoms with Crippen LogP contribution < -0.4 is 4.74 Å². The summed E-state index contributed by atoms with van der Waals surface area (Å²) >= 11 is 5.34. The molecule has 4 nitrogen and oxygen atoms in total. The molecule has 5 heteroatoms. The number of nitrogens with one attached hydrogen (secondary N) is 1. The van der Waals surface area contributed by atoms with Gasteiger partial charge in [0.25, 0.3) is 0 Å². The largest absolute Gasteiger partial charge is 0.481 e. The summed E-state index contributed by atoms with van der Waals surface area (Å²) in [6.45, 7) is 0. The second-order valence-electron chi connectivity index (χ2n) is 4.11. The third kappa shape index (κ3) is 1.35. The minimum absolute atomic E-state index is 0.515. The van der Waals surface area contributed by atoms with Crippen LogP contribution in [-0.2, 0) is 0 Å². The number of aromatic amines is 1. The van der Waals surface area contributed by atoms with E-state index in [0.717, 1.165) is 15.9 Å². The van der Waals surface area contributed by atoms with Crippen LogP contribution in [0.5, 0.6) is 5.88 Å². The molecule has 0 atom stereocenters. The van der Waals surface area contributed by atoms with Crippen LogP contribution >= 0.6 is 12.2 Å². The van der Waals surface area contributed by atoms with Gasteiger partial charge in [-0.2, -0.15) is 4.98 Å². The number of pyridine rings is 1. The Balaban J connectivity index is 2.23. The van der Waals surface area contributed by atoms with Crippen molar-refractivity contribution in [3.8, 4) is 5.88 Å². The molecular weight excluding hydrogens is 222 g/mol. The summed E-state index contributed by atoms with van der Waals surface area (Å²) in [5.74, 6) is 0.634. The van der Waals surface area contributed by atoms with E-state index in [1.807, 2.05) is 12.1 Å². The Morgan fingerprint density at radius 2 is 2.31 bits per heavy atom. The number of rotatable bonds is 2. The molecule has 1 aliphatic carbocycles. The third-order valence-electron chi connectivity index (χ3n) is 3.19. The van der Waals surface area contributed by atoms with Gasteiger partial charge in [0.05, 0.1) is 12.6 Å². The van der Waals surface area contributed by atoms with E-state index >= 15 is 0 Å².